The van der Waals surface area contributed by atoms with Crippen LogP contribution in [0.4, 0.5) is 0 Å². The van der Waals surface area contributed by atoms with Crippen LogP contribution in [0, 0.1) is 20.8 Å². The van der Waals surface area contributed by atoms with Crippen molar-refractivity contribution in [3.05, 3.63) is 20.8 Å². The van der Waals surface area contributed by atoms with Gasteiger partial charge in [0.25, 0.3) is 0 Å². The van der Waals surface area contributed by atoms with E-state index in [1.54, 1.807) is 0 Å². The molecule has 92 valence electrons. The fourth-order valence-corrected chi connectivity index (χ4v) is 2.75. The molecule has 0 radical (unpaired) electrons. The van der Waals surface area contributed by atoms with Crippen LogP contribution in [0.1, 0.15) is 12.8 Å². The van der Waals surface area contributed by atoms with Gasteiger partial charge >= 0.3 is 0 Å². The van der Waals surface area contributed by atoms with Gasteiger partial charge in [0.15, 0.2) is 24.2 Å². The minimum atomic E-state index is -0.583. The van der Waals surface area contributed by atoms with Crippen molar-refractivity contribution in [3.63, 3.8) is 0 Å². The van der Waals surface area contributed by atoms with E-state index in [4.69, 9.17) is 0 Å². The SMILES string of the molecule is [O-][NH+]1O[NH+]([O-])C2CC3C(CC21)[NH+]([O-])O[NH+]3[O-]. The first kappa shape index (κ1) is 10.7. The van der Waals surface area contributed by atoms with Crippen LogP contribution in [0.15, 0.2) is 0 Å². The number of fused-ring (bicyclic) bond motifs is 2. The van der Waals surface area contributed by atoms with Crippen LogP contribution in [0.2, 0.25) is 0 Å². The molecule has 1 aliphatic carbocycles. The van der Waals surface area contributed by atoms with Gasteiger partial charge in [0.1, 0.15) is 0 Å². The highest BCUT2D eigenvalue weighted by Crippen LogP contribution is 2.16. The monoisotopic (exact) mass is 236 g/mol. The van der Waals surface area contributed by atoms with Crippen molar-refractivity contribution in [1.29, 1.82) is 0 Å². The van der Waals surface area contributed by atoms with Crippen molar-refractivity contribution in [2.24, 2.45) is 0 Å². The molecule has 10 heteroatoms. The predicted molar refractivity (Wildman–Crippen MR) is 43.9 cm³/mol. The van der Waals surface area contributed by atoms with E-state index in [0.717, 1.165) is 0 Å². The third-order valence-corrected chi connectivity index (χ3v) is 3.60. The summed E-state index contributed by atoms with van der Waals surface area (Å²) in [5, 5.41) is 42.9. The lowest BCUT2D eigenvalue weighted by molar-refractivity contribution is -1.28. The van der Waals surface area contributed by atoms with Gasteiger partial charge in [-0.05, 0) is 9.88 Å². The Morgan fingerprint density at radius 1 is 0.625 bits per heavy atom. The second-order valence-corrected chi connectivity index (χ2v) is 4.38. The quantitative estimate of drug-likeness (QED) is 0.309. The average Bonchev–Trinajstić information content (AvgIpc) is 2.67. The molecular formula is C6H12N4O6. The largest absolute Gasteiger partial charge is 0.595 e. The smallest absolute Gasteiger partial charge is 0.184 e. The summed E-state index contributed by atoms with van der Waals surface area (Å²) in [4.78, 5) is 9.01. The van der Waals surface area contributed by atoms with Crippen molar-refractivity contribution in [1.82, 2.24) is 0 Å². The van der Waals surface area contributed by atoms with Crippen LogP contribution in [0.25, 0.3) is 0 Å². The molecule has 1 saturated carbocycles. The molecule has 0 amide bonds. The zero-order valence-corrected chi connectivity index (χ0v) is 8.17. The van der Waals surface area contributed by atoms with Crippen LogP contribution in [-0.4, -0.2) is 24.2 Å². The summed E-state index contributed by atoms with van der Waals surface area (Å²) in [6.07, 6.45) is 0.370. The normalized spacial score (nSPS) is 60.8. The zero-order valence-electron chi connectivity index (χ0n) is 8.17. The zero-order chi connectivity index (χ0) is 11.4. The molecule has 0 aromatic rings. The van der Waals surface area contributed by atoms with Gasteiger partial charge in [-0.1, -0.05) is 0 Å². The molecule has 3 aliphatic rings. The third kappa shape index (κ3) is 1.38. The van der Waals surface area contributed by atoms with Crippen molar-refractivity contribution in [2.45, 2.75) is 37.0 Å². The lowest BCUT2D eigenvalue weighted by atomic mass is 9.84. The first-order valence-electron chi connectivity index (χ1n) is 5.09. The molecule has 0 bridgehead atoms. The Bertz CT molecular complexity index is 242. The van der Waals surface area contributed by atoms with E-state index in [1.165, 1.54) is 0 Å². The predicted octanol–water partition coefficient (Wildman–Crippen LogP) is -6.49. The molecule has 2 saturated heterocycles. The maximum absolute atomic E-state index is 11.3. The molecule has 0 aromatic heterocycles. The lowest BCUT2D eigenvalue weighted by Crippen LogP contribution is -3.19. The minimum absolute atomic E-state index is 0.185. The van der Waals surface area contributed by atoms with E-state index in [0.29, 0.717) is 0 Å². The molecule has 10 nitrogen and oxygen atoms in total. The van der Waals surface area contributed by atoms with Crippen LogP contribution in [0.5, 0.6) is 0 Å². The summed E-state index contributed by atoms with van der Waals surface area (Å²) in [6.45, 7) is 0. The lowest BCUT2D eigenvalue weighted by Gasteiger charge is -2.30. The van der Waals surface area contributed by atoms with E-state index < -0.39 is 45.1 Å². The summed E-state index contributed by atoms with van der Waals surface area (Å²) < 4.78 is 0. The van der Waals surface area contributed by atoms with Crippen molar-refractivity contribution < 1.29 is 30.8 Å². The van der Waals surface area contributed by atoms with Gasteiger partial charge in [-0.25, -0.2) is 0 Å². The first-order valence-corrected chi connectivity index (χ1v) is 5.09. The number of nitrogens with one attached hydrogen (secondary N) is 4. The molecule has 8 atom stereocenters. The molecule has 3 rings (SSSR count). The van der Waals surface area contributed by atoms with Gasteiger partial charge in [-0.15, -0.1) is 0 Å². The Kier molecular flexibility index (Phi) is 2.38. The topological polar surface area (TPSA) is 128 Å². The average molecular weight is 236 g/mol. The van der Waals surface area contributed by atoms with Crippen molar-refractivity contribution in [3.8, 4) is 0 Å². The molecule has 0 aromatic carbocycles. The van der Waals surface area contributed by atoms with Crippen LogP contribution in [-0.2, 0) is 9.88 Å². The number of rotatable bonds is 0. The Balaban J connectivity index is 1.81. The highest BCUT2D eigenvalue weighted by atomic mass is 17.1. The molecule has 2 aliphatic heterocycles. The van der Waals surface area contributed by atoms with Crippen LogP contribution < -0.4 is 20.9 Å². The van der Waals surface area contributed by atoms with Crippen LogP contribution >= 0.6 is 0 Å². The number of hydroxylamine groups is 8. The Labute approximate surface area is 89.6 Å². The molecular weight excluding hydrogens is 224 g/mol. The maximum atomic E-state index is 11.3. The van der Waals surface area contributed by atoms with Crippen molar-refractivity contribution >= 4 is 0 Å². The van der Waals surface area contributed by atoms with Gasteiger partial charge < -0.3 is 20.8 Å². The van der Waals surface area contributed by atoms with Gasteiger partial charge in [0.05, 0.1) is 12.8 Å². The highest BCUT2D eigenvalue weighted by Gasteiger charge is 2.59. The second kappa shape index (κ2) is 3.54. The molecule has 4 N–H and O–H groups in total. The maximum Gasteiger partial charge on any atom is 0.184 e. The first-order chi connectivity index (χ1) is 7.58. The number of hydrogen-bond acceptors (Lipinski definition) is 6. The van der Waals surface area contributed by atoms with Gasteiger partial charge in [-0.3, -0.25) is 0 Å². The Hall–Kier alpha value is -0.400. The van der Waals surface area contributed by atoms with E-state index in [2.05, 4.69) is 9.88 Å². The number of hydrogen-bond donors (Lipinski definition) is 4. The fourth-order valence-electron chi connectivity index (χ4n) is 2.75. The van der Waals surface area contributed by atoms with Gasteiger partial charge in [-0.2, -0.15) is 20.9 Å². The molecule has 2 heterocycles. The fraction of sp³-hybridized carbons (Fsp3) is 1.00. The van der Waals surface area contributed by atoms with E-state index in [9.17, 15) is 20.8 Å². The standard InChI is InChI=1S/C6H12N4O6/c11-7-3-1-4-6(10(14)16-8(4)12)2-5(3)9(13)15-7/h3-10H,1-2H2. The van der Waals surface area contributed by atoms with Gasteiger partial charge in [0.2, 0.25) is 0 Å². The van der Waals surface area contributed by atoms with E-state index in [-0.39, 0.29) is 12.8 Å². The Morgan fingerprint density at radius 3 is 1.12 bits per heavy atom. The summed E-state index contributed by atoms with van der Waals surface area (Å²) >= 11 is 0. The minimum Gasteiger partial charge on any atom is -0.595 e. The van der Waals surface area contributed by atoms with Crippen molar-refractivity contribution in [2.75, 3.05) is 0 Å². The molecule has 0 spiro atoms. The third-order valence-electron chi connectivity index (χ3n) is 3.60. The summed E-state index contributed by atoms with van der Waals surface area (Å²) in [5.74, 6) is 0. The highest BCUT2D eigenvalue weighted by molar-refractivity contribution is 4.86. The summed E-state index contributed by atoms with van der Waals surface area (Å²) in [6, 6.07) is -2.31. The van der Waals surface area contributed by atoms with E-state index in [1.807, 2.05) is 0 Å². The van der Waals surface area contributed by atoms with E-state index >= 15 is 0 Å². The summed E-state index contributed by atoms with van der Waals surface area (Å²) in [5.41, 5.74) is 0. The summed E-state index contributed by atoms with van der Waals surface area (Å²) in [7, 11) is 0. The number of quaternary nitrogens is 4. The Morgan fingerprint density at radius 2 is 0.875 bits per heavy atom. The molecule has 8 unspecified atom stereocenters. The van der Waals surface area contributed by atoms with Gasteiger partial charge in [0, 0.05) is 0 Å². The van der Waals surface area contributed by atoms with Crippen LogP contribution in [0.3, 0.4) is 0 Å². The molecule has 16 heavy (non-hydrogen) atoms. The molecule has 3 fully saturated rings. The second-order valence-electron chi connectivity index (χ2n) is 4.38.